The lowest BCUT2D eigenvalue weighted by atomic mass is 10.1. The molecule has 1 fully saturated rings. The van der Waals surface area contributed by atoms with Gasteiger partial charge in [0.05, 0.1) is 0 Å². The second-order valence-corrected chi connectivity index (χ2v) is 5.29. The van der Waals surface area contributed by atoms with Crippen molar-refractivity contribution in [3.63, 3.8) is 0 Å². The summed E-state index contributed by atoms with van der Waals surface area (Å²) in [6.07, 6.45) is 2.41. The fourth-order valence-corrected chi connectivity index (χ4v) is 2.36. The van der Waals surface area contributed by atoms with E-state index in [1.165, 1.54) is 18.9 Å². The van der Waals surface area contributed by atoms with Crippen LogP contribution in [0.25, 0.3) is 0 Å². The molecule has 0 radical (unpaired) electrons. The van der Waals surface area contributed by atoms with Gasteiger partial charge in [0.25, 0.3) is 0 Å². The van der Waals surface area contributed by atoms with E-state index in [0.29, 0.717) is 12.6 Å². The lowest BCUT2D eigenvalue weighted by Crippen LogP contribution is -2.20. The summed E-state index contributed by atoms with van der Waals surface area (Å²) >= 11 is 0. The Morgan fingerprint density at radius 3 is 2.55 bits per heavy atom. The van der Waals surface area contributed by atoms with Gasteiger partial charge in [-0.1, -0.05) is 24.3 Å². The van der Waals surface area contributed by atoms with Crippen LogP contribution in [0.5, 0.6) is 0 Å². The van der Waals surface area contributed by atoms with Crippen molar-refractivity contribution in [2.75, 3.05) is 11.9 Å². The smallest absolute Gasteiger partial charge is 0.129 e. The number of para-hydroxylation sites is 1. The Hall–Kier alpha value is -1.87. The van der Waals surface area contributed by atoms with E-state index in [-0.39, 0.29) is 5.82 Å². The van der Waals surface area contributed by atoms with Crippen molar-refractivity contribution in [1.82, 2.24) is 5.32 Å². The van der Waals surface area contributed by atoms with Gasteiger partial charge >= 0.3 is 0 Å². The summed E-state index contributed by atoms with van der Waals surface area (Å²) in [7, 11) is 1.98. The number of nitrogens with zero attached hydrogens (tertiary/aromatic N) is 1. The minimum absolute atomic E-state index is 0.140. The third-order valence-electron chi connectivity index (χ3n) is 3.74. The molecular formula is C17H19FN2. The fourth-order valence-electron chi connectivity index (χ4n) is 2.36. The van der Waals surface area contributed by atoms with Gasteiger partial charge in [0.15, 0.2) is 0 Å². The third-order valence-corrected chi connectivity index (χ3v) is 3.74. The molecule has 20 heavy (non-hydrogen) atoms. The Balaban J connectivity index is 1.89. The zero-order valence-corrected chi connectivity index (χ0v) is 11.6. The normalized spacial score (nSPS) is 14.3. The Morgan fingerprint density at radius 2 is 1.85 bits per heavy atom. The van der Waals surface area contributed by atoms with Gasteiger partial charge in [0, 0.05) is 36.6 Å². The molecule has 2 aromatic rings. The highest BCUT2D eigenvalue weighted by atomic mass is 19.1. The summed E-state index contributed by atoms with van der Waals surface area (Å²) in [5.41, 5.74) is 2.72. The summed E-state index contributed by atoms with van der Waals surface area (Å²) in [6.45, 7) is 0.587. The number of hydrogen-bond donors (Lipinski definition) is 1. The van der Waals surface area contributed by atoms with E-state index >= 15 is 0 Å². The predicted molar refractivity (Wildman–Crippen MR) is 80.8 cm³/mol. The molecule has 1 saturated carbocycles. The first-order valence-electron chi connectivity index (χ1n) is 7.05. The van der Waals surface area contributed by atoms with Gasteiger partial charge in [-0.3, -0.25) is 0 Å². The zero-order chi connectivity index (χ0) is 13.9. The molecule has 3 heteroatoms. The lowest BCUT2D eigenvalue weighted by Gasteiger charge is -2.23. The quantitative estimate of drug-likeness (QED) is 0.888. The van der Waals surface area contributed by atoms with E-state index in [0.717, 1.165) is 16.9 Å². The standard InChI is InChI=1S/C17H19FN2/c1-20(14-6-3-2-4-7-14)17-9-5-8-16(18)15(17)12-19-13-10-11-13/h2-9,13,19H,10-12H2,1H3. The molecule has 3 rings (SSSR count). The van der Waals surface area contributed by atoms with Gasteiger partial charge in [-0.05, 0) is 37.1 Å². The first-order valence-corrected chi connectivity index (χ1v) is 7.05. The Morgan fingerprint density at radius 1 is 1.10 bits per heavy atom. The summed E-state index contributed by atoms with van der Waals surface area (Å²) in [4.78, 5) is 2.03. The molecule has 1 aliphatic carbocycles. The SMILES string of the molecule is CN(c1ccccc1)c1cccc(F)c1CNC1CC1. The Labute approximate surface area is 119 Å². The summed E-state index contributed by atoms with van der Waals surface area (Å²) < 4.78 is 14.1. The minimum atomic E-state index is -0.140. The highest BCUT2D eigenvalue weighted by molar-refractivity contribution is 5.65. The second kappa shape index (κ2) is 5.63. The summed E-state index contributed by atoms with van der Waals surface area (Å²) in [5, 5.41) is 3.39. The van der Waals surface area contributed by atoms with Crippen LogP contribution in [0.2, 0.25) is 0 Å². The monoisotopic (exact) mass is 270 g/mol. The molecule has 0 unspecified atom stereocenters. The first kappa shape index (κ1) is 13.1. The van der Waals surface area contributed by atoms with Gasteiger partial charge in [-0.25, -0.2) is 4.39 Å². The molecule has 0 spiro atoms. The van der Waals surface area contributed by atoms with Crippen LogP contribution < -0.4 is 10.2 Å². The largest absolute Gasteiger partial charge is 0.344 e. The first-order chi connectivity index (χ1) is 9.75. The van der Waals surface area contributed by atoms with Crippen molar-refractivity contribution in [3.05, 3.63) is 59.9 Å². The van der Waals surface area contributed by atoms with Crippen molar-refractivity contribution in [1.29, 1.82) is 0 Å². The van der Waals surface area contributed by atoms with Gasteiger partial charge < -0.3 is 10.2 Å². The van der Waals surface area contributed by atoms with Gasteiger partial charge in [-0.2, -0.15) is 0 Å². The molecule has 1 N–H and O–H groups in total. The van der Waals surface area contributed by atoms with E-state index < -0.39 is 0 Å². The van der Waals surface area contributed by atoms with Crippen LogP contribution in [0.3, 0.4) is 0 Å². The maximum absolute atomic E-state index is 14.1. The van der Waals surface area contributed by atoms with Gasteiger partial charge in [0.1, 0.15) is 5.82 Å². The van der Waals surface area contributed by atoms with Crippen LogP contribution in [-0.2, 0) is 6.54 Å². The third kappa shape index (κ3) is 2.83. The number of nitrogens with one attached hydrogen (secondary N) is 1. The molecule has 2 nitrogen and oxygen atoms in total. The molecule has 0 bridgehead atoms. The topological polar surface area (TPSA) is 15.3 Å². The molecule has 1 aliphatic rings. The molecular weight excluding hydrogens is 251 g/mol. The predicted octanol–water partition coefficient (Wildman–Crippen LogP) is 3.85. The number of benzene rings is 2. The maximum atomic E-state index is 14.1. The summed E-state index contributed by atoms with van der Waals surface area (Å²) in [6, 6.07) is 15.9. The molecule has 0 heterocycles. The van der Waals surface area contributed by atoms with E-state index in [2.05, 4.69) is 5.32 Å². The molecule has 0 saturated heterocycles. The molecule has 0 atom stereocenters. The van der Waals surface area contributed by atoms with Crippen LogP contribution in [0, 0.1) is 5.82 Å². The average Bonchev–Trinajstić information content (AvgIpc) is 3.30. The minimum Gasteiger partial charge on any atom is -0.344 e. The van der Waals surface area contributed by atoms with Crippen LogP contribution in [-0.4, -0.2) is 13.1 Å². The lowest BCUT2D eigenvalue weighted by molar-refractivity contribution is 0.587. The van der Waals surface area contributed by atoms with E-state index in [4.69, 9.17) is 0 Å². The number of rotatable bonds is 5. The number of hydrogen-bond acceptors (Lipinski definition) is 2. The summed E-state index contributed by atoms with van der Waals surface area (Å²) in [5.74, 6) is -0.140. The number of halogens is 1. The Kier molecular flexibility index (Phi) is 3.70. The second-order valence-electron chi connectivity index (χ2n) is 5.29. The molecule has 2 aromatic carbocycles. The fraction of sp³-hybridized carbons (Fsp3) is 0.294. The van der Waals surface area contributed by atoms with E-state index in [1.54, 1.807) is 6.07 Å². The maximum Gasteiger partial charge on any atom is 0.129 e. The Bertz CT molecular complexity index is 579. The van der Waals surface area contributed by atoms with Crippen LogP contribution in [0.1, 0.15) is 18.4 Å². The van der Waals surface area contributed by atoms with Crippen molar-refractivity contribution in [2.45, 2.75) is 25.4 Å². The molecule has 0 aliphatic heterocycles. The van der Waals surface area contributed by atoms with Crippen LogP contribution in [0.4, 0.5) is 15.8 Å². The van der Waals surface area contributed by atoms with Crippen molar-refractivity contribution < 1.29 is 4.39 Å². The number of anilines is 2. The average molecular weight is 270 g/mol. The molecule has 0 aromatic heterocycles. The highest BCUT2D eigenvalue weighted by Gasteiger charge is 2.22. The highest BCUT2D eigenvalue weighted by Crippen LogP contribution is 2.29. The van der Waals surface area contributed by atoms with Crippen molar-refractivity contribution in [2.24, 2.45) is 0 Å². The van der Waals surface area contributed by atoms with Crippen molar-refractivity contribution >= 4 is 11.4 Å². The van der Waals surface area contributed by atoms with Crippen molar-refractivity contribution in [3.8, 4) is 0 Å². The van der Waals surface area contributed by atoms with Gasteiger partial charge in [0.2, 0.25) is 0 Å². The zero-order valence-electron chi connectivity index (χ0n) is 11.6. The van der Waals surface area contributed by atoms with Gasteiger partial charge in [-0.15, -0.1) is 0 Å². The van der Waals surface area contributed by atoms with E-state index in [9.17, 15) is 4.39 Å². The molecule has 0 amide bonds. The van der Waals surface area contributed by atoms with E-state index in [1.807, 2.05) is 48.3 Å². The molecule has 104 valence electrons. The van der Waals surface area contributed by atoms with Crippen LogP contribution in [0.15, 0.2) is 48.5 Å². The van der Waals surface area contributed by atoms with Crippen LogP contribution >= 0.6 is 0 Å².